The van der Waals surface area contributed by atoms with E-state index in [0.717, 1.165) is 4.90 Å². The number of hydrogen-bond donors (Lipinski definition) is 2. The van der Waals surface area contributed by atoms with Crippen LogP contribution >= 0.6 is 12.6 Å². The number of fused-ring (bicyclic) bond motifs is 1. The molecular weight excluding hydrogens is 240 g/mol. The smallest absolute Gasteiger partial charge is 0.274 e. The Labute approximate surface area is 104 Å². The number of hydrogen-bond acceptors (Lipinski definition) is 5. The fraction of sp³-hybridized carbons (Fsp3) is 0.273. The Bertz CT molecular complexity index is 490. The third kappa shape index (κ3) is 1.95. The summed E-state index contributed by atoms with van der Waals surface area (Å²) in [6.45, 7) is 1.60. The van der Waals surface area contributed by atoms with Gasteiger partial charge in [-0.1, -0.05) is 0 Å². The van der Waals surface area contributed by atoms with Gasteiger partial charge in [0.25, 0.3) is 5.91 Å². The van der Waals surface area contributed by atoms with Crippen LogP contribution in [0.2, 0.25) is 0 Å². The first-order valence-electron chi connectivity index (χ1n) is 5.08. The minimum Gasteiger partial charge on any atom is -0.479 e. The molecule has 0 saturated carbocycles. The minimum atomic E-state index is -0.685. The predicted octanol–water partition coefficient (Wildman–Crippen LogP) is 0.839. The summed E-state index contributed by atoms with van der Waals surface area (Å²) in [5.41, 5.74) is 6.49. The van der Waals surface area contributed by atoms with Gasteiger partial charge in [0, 0.05) is 5.69 Å². The van der Waals surface area contributed by atoms with Crippen molar-refractivity contribution in [1.29, 1.82) is 0 Å². The molecule has 1 atom stereocenters. The summed E-state index contributed by atoms with van der Waals surface area (Å²) in [7, 11) is 0. The topological polar surface area (TPSA) is 72.6 Å². The van der Waals surface area contributed by atoms with Gasteiger partial charge in [0.1, 0.15) is 5.75 Å². The number of imide groups is 1. The molecule has 0 aromatic heterocycles. The van der Waals surface area contributed by atoms with Gasteiger partial charge in [-0.25, -0.2) is 4.90 Å². The molecule has 0 saturated heterocycles. The average molecular weight is 252 g/mol. The van der Waals surface area contributed by atoms with E-state index in [0.29, 0.717) is 17.1 Å². The van der Waals surface area contributed by atoms with Gasteiger partial charge < -0.3 is 10.5 Å². The molecule has 6 heteroatoms. The van der Waals surface area contributed by atoms with Crippen LogP contribution < -0.4 is 15.4 Å². The second-order valence-corrected chi connectivity index (χ2v) is 4.03. The molecule has 1 aliphatic rings. The van der Waals surface area contributed by atoms with Crippen molar-refractivity contribution in [3.05, 3.63) is 18.2 Å². The SMILES string of the molecule is CC1Oc2ccc(N)cc2N(C(=O)CS)C1=O. The van der Waals surface area contributed by atoms with E-state index >= 15 is 0 Å². The maximum Gasteiger partial charge on any atom is 0.274 e. The highest BCUT2D eigenvalue weighted by molar-refractivity contribution is 7.81. The Balaban J connectivity index is 2.54. The molecule has 0 aliphatic carbocycles. The maximum atomic E-state index is 11.9. The number of ether oxygens (including phenoxy) is 1. The lowest BCUT2D eigenvalue weighted by Crippen LogP contribution is -2.48. The molecule has 1 unspecified atom stereocenters. The van der Waals surface area contributed by atoms with Crippen molar-refractivity contribution < 1.29 is 14.3 Å². The molecule has 1 aromatic carbocycles. The average Bonchev–Trinajstić information content (AvgIpc) is 2.31. The van der Waals surface area contributed by atoms with E-state index in [2.05, 4.69) is 12.6 Å². The summed E-state index contributed by atoms with van der Waals surface area (Å²) in [5, 5.41) is 0. The zero-order valence-electron chi connectivity index (χ0n) is 9.21. The van der Waals surface area contributed by atoms with Crippen molar-refractivity contribution in [2.75, 3.05) is 16.4 Å². The maximum absolute atomic E-state index is 11.9. The van der Waals surface area contributed by atoms with Crippen molar-refractivity contribution >= 4 is 35.8 Å². The Hall–Kier alpha value is -1.69. The van der Waals surface area contributed by atoms with Crippen LogP contribution in [0.1, 0.15) is 6.92 Å². The highest BCUT2D eigenvalue weighted by Crippen LogP contribution is 2.35. The van der Waals surface area contributed by atoms with Gasteiger partial charge in [-0.3, -0.25) is 9.59 Å². The lowest BCUT2D eigenvalue weighted by atomic mass is 10.1. The number of carbonyl (C=O) groups is 2. The van der Waals surface area contributed by atoms with Gasteiger partial charge in [0.15, 0.2) is 6.10 Å². The molecule has 0 spiro atoms. The third-order valence-electron chi connectivity index (χ3n) is 2.48. The zero-order valence-corrected chi connectivity index (χ0v) is 10.1. The molecule has 0 bridgehead atoms. The van der Waals surface area contributed by atoms with Crippen LogP contribution in [-0.4, -0.2) is 23.7 Å². The second-order valence-electron chi connectivity index (χ2n) is 3.71. The Kier molecular flexibility index (Phi) is 2.97. The van der Waals surface area contributed by atoms with E-state index in [1.165, 1.54) is 0 Å². The van der Waals surface area contributed by atoms with E-state index in [1.807, 2.05) is 0 Å². The molecule has 1 heterocycles. The summed E-state index contributed by atoms with van der Waals surface area (Å²) in [4.78, 5) is 24.7. The second kappa shape index (κ2) is 4.29. The van der Waals surface area contributed by atoms with Gasteiger partial charge >= 0.3 is 0 Å². The van der Waals surface area contributed by atoms with Gasteiger partial charge in [-0.2, -0.15) is 12.6 Å². The summed E-state index contributed by atoms with van der Waals surface area (Å²) in [5.74, 6) is -0.365. The molecule has 0 fully saturated rings. The van der Waals surface area contributed by atoms with E-state index in [9.17, 15) is 9.59 Å². The third-order valence-corrected chi connectivity index (χ3v) is 2.75. The van der Waals surface area contributed by atoms with E-state index < -0.39 is 12.0 Å². The van der Waals surface area contributed by atoms with Crippen molar-refractivity contribution in [2.45, 2.75) is 13.0 Å². The fourth-order valence-corrected chi connectivity index (χ4v) is 1.82. The molecule has 1 aliphatic heterocycles. The lowest BCUT2D eigenvalue weighted by molar-refractivity contribution is -0.130. The van der Waals surface area contributed by atoms with Crippen LogP contribution in [0.5, 0.6) is 5.75 Å². The standard InChI is InChI=1S/C11H12N2O3S/c1-6-11(15)13(10(14)5-17)8-4-7(12)2-3-9(8)16-6/h2-4,6,17H,5,12H2,1H3. The van der Waals surface area contributed by atoms with E-state index in [4.69, 9.17) is 10.5 Å². The number of benzene rings is 1. The van der Waals surface area contributed by atoms with Crippen LogP contribution in [0.4, 0.5) is 11.4 Å². The van der Waals surface area contributed by atoms with Crippen LogP contribution in [-0.2, 0) is 9.59 Å². The van der Waals surface area contributed by atoms with Crippen LogP contribution in [0.15, 0.2) is 18.2 Å². The molecule has 5 nitrogen and oxygen atoms in total. The Morgan fingerprint density at radius 1 is 1.59 bits per heavy atom. The van der Waals surface area contributed by atoms with Crippen molar-refractivity contribution in [3.8, 4) is 5.75 Å². The number of anilines is 2. The molecule has 90 valence electrons. The fourth-order valence-electron chi connectivity index (χ4n) is 1.68. The molecule has 2 amide bonds. The predicted molar refractivity (Wildman–Crippen MR) is 67.3 cm³/mol. The normalized spacial score (nSPS) is 18.6. The van der Waals surface area contributed by atoms with Crippen LogP contribution in [0.25, 0.3) is 0 Å². The summed E-state index contributed by atoms with van der Waals surface area (Å²) >= 11 is 3.90. The number of carbonyl (C=O) groups excluding carboxylic acids is 2. The number of rotatable bonds is 1. The molecular formula is C11H12N2O3S. The Morgan fingerprint density at radius 2 is 2.29 bits per heavy atom. The highest BCUT2D eigenvalue weighted by Gasteiger charge is 2.35. The van der Waals surface area contributed by atoms with E-state index in [1.54, 1.807) is 25.1 Å². The zero-order chi connectivity index (χ0) is 12.6. The lowest BCUT2D eigenvalue weighted by Gasteiger charge is -2.31. The number of nitrogen functional groups attached to an aromatic ring is 1. The Morgan fingerprint density at radius 3 is 2.94 bits per heavy atom. The number of nitrogens with two attached hydrogens (primary N) is 1. The molecule has 17 heavy (non-hydrogen) atoms. The molecule has 2 rings (SSSR count). The van der Waals surface area contributed by atoms with Gasteiger partial charge in [0.2, 0.25) is 5.91 Å². The van der Waals surface area contributed by atoms with Crippen molar-refractivity contribution in [2.24, 2.45) is 0 Å². The molecule has 0 radical (unpaired) electrons. The van der Waals surface area contributed by atoms with Crippen LogP contribution in [0.3, 0.4) is 0 Å². The monoisotopic (exact) mass is 252 g/mol. The van der Waals surface area contributed by atoms with Crippen molar-refractivity contribution in [1.82, 2.24) is 0 Å². The first-order chi connectivity index (χ1) is 8.04. The number of amides is 2. The number of nitrogens with zero attached hydrogens (tertiary/aromatic N) is 1. The molecule has 1 aromatic rings. The molecule has 2 N–H and O–H groups in total. The van der Waals surface area contributed by atoms with Gasteiger partial charge in [-0.05, 0) is 25.1 Å². The van der Waals surface area contributed by atoms with Crippen molar-refractivity contribution in [3.63, 3.8) is 0 Å². The van der Waals surface area contributed by atoms with Gasteiger partial charge in [-0.15, -0.1) is 0 Å². The first kappa shape index (κ1) is 11.8. The summed E-state index contributed by atoms with van der Waals surface area (Å²) < 4.78 is 5.40. The summed E-state index contributed by atoms with van der Waals surface area (Å²) in [6.07, 6.45) is -0.685. The largest absolute Gasteiger partial charge is 0.479 e. The summed E-state index contributed by atoms with van der Waals surface area (Å²) in [6, 6.07) is 4.84. The first-order valence-corrected chi connectivity index (χ1v) is 5.71. The highest BCUT2D eigenvalue weighted by atomic mass is 32.1. The quantitative estimate of drug-likeness (QED) is 0.574. The minimum absolute atomic E-state index is 0.0489. The van der Waals surface area contributed by atoms with Crippen LogP contribution in [0, 0.1) is 0 Å². The number of thiol groups is 1. The van der Waals surface area contributed by atoms with Gasteiger partial charge in [0.05, 0.1) is 11.4 Å². The van der Waals surface area contributed by atoms with E-state index in [-0.39, 0.29) is 11.7 Å².